The number of aromatic nitrogens is 2. The number of aromatic hydroxyl groups is 1. The van der Waals surface area contributed by atoms with Gasteiger partial charge in [-0.3, -0.25) is 0 Å². The normalized spacial score (nSPS) is 10.8. The number of phenols is 1. The molecule has 0 amide bonds. The maximum atomic E-state index is 9.54. The van der Waals surface area contributed by atoms with Crippen LogP contribution >= 0.6 is 11.6 Å². The molecule has 3 aromatic rings. The molecular formula is C14H11ClN2O2. The van der Waals surface area contributed by atoms with Gasteiger partial charge in [-0.15, -0.1) is 0 Å². The molecule has 0 saturated carbocycles. The van der Waals surface area contributed by atoms with Crippen molar-refractivity contribution >= 4 is 22.6 Å². The van der Waals surface area contributed by atoms with E-state index in [0.717, 1.165) is 16.8 Å². The van der Waals surface area contributed by atoms with E-state index < -0.39 is 0 Å². The number of hydrogen-bond donors (Lipinski definition) is 2. The van der Waals surface area contributed by atoms with Gasteiger partial charge in [-0.2, -0.15) is 0 Å². The predicted molar refractivity (Wildman–Crippen MR) is 74.8 cm³/mol. The maximum absolute atomic E-state index is 9.54. The molecule has 0 bridgehead atoms. The summed E-state index contributed by atoms with van der Waals surface area (Å²) < 4.78 is 5.17. The second-order valence-corrected chi connectivity index (χ2v) is 4.54. The van der Waals surface area contributed by atoms with E-state index in [-0.39, 0.29) is 5.75 Å². The Morgan fingerprint density at radius 2 is 2.05 bits per heavy atom. The SMILES string of the molecule is COc1ccc2nc(-c3cc(O)ccc3Cl)[nH]c2c1. The standard InChI is InChI=1S/C14H11ClN2O2/c1-19-9-3-5-12-13(7-9)17-14(16-12)10-6-8(18)2-4-11(10)15/h2-7,18H,1H3,(H,16,17). The first kappa shape index (κ1) is 11.9. The molecule has 1 aromatic heterocycles. The smallest absolute Gasteiger partial charge is 0.140 e. The number of phenolic OH excluding ortho intramolecular Hbond substituents is 1. The molecule has 3 rings (SSSR count). The number of rotatable bonds is 2. The van der Waals surface area contributed by atoms with Crippen LogP contribution < -0.4 is 4.74 Å². The van der Waals surface area contributed by atoms with Crippen molar-refractivity contribution in [3.63, 3.8) is 0 Å². The van der Waals surface area contributed by atoms with E-state index in [1.807, 2.05) is 18.2 Å². The fraction of sp³-hybridized carbons (Fsp3) is 0.0714. The zero-order chi connectivity index (χ0) is 13.4. The highest BCUT2D eigenvalue weighted by Crippen LogP contribution is 2.31. The van der Waals surface area contributed by atoms with Gasteiger partial charge in [-0.25, -0.2) is 4.98 Å². The van der Waals surface area contributed by atoms with Crippen molar-refractivity contribution < 1.29 is 9.84 Å². The van der Waals surface area contributed by atoms with Gasteiger partial charge >= 0.3 is 0 Å². The number of ether oxygens (including phenoxy) is 1. The van der Waals surface area contributed by atoms with Crippen molar-refractivity contribution in [3.05, 3.63) is 41.4 Å². The number of hydrogen-bond acceptors (Lipinski definition) is 3. The Labute approximate surface area is 114 Å². The third kappa shape index (κ3) is 2.11. The fourth-order valence-electron chi connectivity index (χ4n) is 1.94. The average Bonchev–Trinajstić information content (AvgIpc) is 2.83. The van der Waals surface area contributed by atoms with Crippen molar-refractivity contribution in [1.29, 1.82) is 0 Å². The number of H-pyrrole nitrogens is 1. The summed E-state index contributed by atoms with van der Waals surface area (Å²) in [6.45, 7) is 0. The number of nitrogens with zero attached hydrogens (tertiary/aromatic N) is 1. The lowest BCUT2D eigenvalue weighted by molar-refractivity contribution is 0.415. The monoisotopic (exact) mass is 274 g/mol. The molecule has 0 aliphatic heterocycles. The summed E-state index contributed by atoms with van der Waals surface area (Å²) in [7, 11) is 1.62. The molecular weight excluding hydrogens is 264 g/mol. The molecule has 4 nitrogen and oxygen atoms in total. The lowest BCUT2D eigenvalue weighted by Crippen LogP contribution is -1.82. The van der Waals surface area contributed by atoms with Crippen LogP contribution in [0.15, 0.2) is 36.4 Å². The molecule has 0 unspecified atom stereocenters. The van der Waals surface area contributed by atoms with Gasteiger partial charge in [0.05, 0.1) is 23.2 Å². The molecule has 19 heavy (non-hydrogen) atoms. The summed E-state index contributed by atoms with van der Waals surface area (Å²) in [5.41, 5.74) is 2.33. The van der Waals surface area contributed by atoms with Crippen LogP contribution in [0.1, 0.15) is 0 Å². The minimum atomic E-state index is 0.150. The zero-order valence-electron chi connectivity index (χ0n) is 10.1. The van der Waals surface area contributed by atoms with Gasteiger partial charge in [0.1, 0.15) is 17.3 Å². The van der Waals surface area contributed by atoms with Crippen molar-refractivity contribution in [2.45, 2.75) is 0 Å². The Hall–Kier alpha value is -2.20. The molecule has 0 atom stereocenters. The highest BCUT2D eigenvalue weighted by atomic mass is 35.5. The van der Waals surface area contributed by atoms with Gasteiger partial charge in [0, 0.05) is 11.6 Å². The Morgan fingerprint density at radius 1 is 1.21 bits per heavy atom. The molecule has 0 aliphatic carbocycles. The summed E-state index contributed by atoms with van der Waals surface area (Å²) in [6, 6.07) is 10.3. The van der Waals surface area contributed by atoms with Gasteiger partial charge in [-0.1, -0.05) is 11.6 Å². The first-order chi connectivity index (χ1) is 9.17. The molecule has 0 fully saturated rings. The van der Waals surface area contributed by atoms with Crippen LogP contribution in [0, 0.1) is 0 Å². The topological polar surface area (TPSA) is 58.1 Å². The zero-order valence-corrected chi connectivity index (χ0v) is 10.9. The number of imidazole rings is 1. The number of methoxy groups -OCH3 is 1. The lowest BCUT2D eigenvalue weighted by Gasteiger charge is -2.00. The van der Waals surface area contributed by atoms with Crippen molar-refractivity contribution in [1.82, 2.24) is 9.97 Å². The van der Waals surface area contributed by atoms with Gasteiger partial charge in [0.15, 0.2) is 0 Å². The first-order valence-corrected chi connectivity index (χ1v) is 6.08. The number of nitrogens with one attached hydrogen (secondary N) is 1. The average molecular weight is 275 g/mol. The molecule has 0 spiro atoms. The molecule has 2 N–H and O–H groups in total. The van der Waals surface area contributed by atoms with Crippen LogP contribution in [0.4, 0.5) is 0 Å². The van der Waals surface area contributed by atoms with Gasteiger partial charge in [0.25, 0.3) is 0 Å². The van der Waals surface area contributed by atoms with Crippen LogP contribution in [-0.4, -0.2) is 22.2 Å². The third-order valence-corrected chi connectivity index (χ3v) is 3.22. The highest BCUT2D eigenvalue weighted by Gasteiger charge is 2.10. The van der Waals surface area contributed by atoms with Crippen LogP contribution in [-0.2, 0) is 0 Å². The molecule has 0 saturated heterocycles. The number of halogens is 1. The van der Waals surface area contributed by atoms with E-state index in [1.165, 1.54) is 6.07 Å². The molecule has 2 aromatic carbocycles. The third-order valence-electron chi connectivity index (χ3n) is 2.89. The minimum absolute atomic E-state index is 0.150. The molecule has 96 valence electrons. The predicted octanol–water partition coefficient (Wildman–Crippen LogP) is 3.60. The Kier molecular flexibility index (Phi) is 2.80. The van der Waals surface area contributed by atoms with Crippen molar-refractivity contribution in [2.24, 2.45) is 0 Å². The van der Waals surface area contributed by atoms with Gasteiger partial charge in [-0.05, 0) is 30.3 Å². The highest BCUT2D eigenvalue weighted by molar-refractivity contribution is 6.33. The summed E-state index contributed by atoms with van der Waals surface area (Å²) in [6.07, 6.45) is 0. The van der Waals surface area contributed by atoms with Crippen molar-refractivity contribution in [2.75, 3.05) is 7.11 Å². The second-order valence-electron chi connectivity index (χ2n) is 4.13. The second kappa shape index (κ2) is 4.48. The van der Waals surface area contributed by atoms with E-state index in [0.29, 0.717) is 16.4 Å². The summed E-state index contributed by atoms with van der Waals surface area (Å²) in [4.78, 5) is 7.62. The lowest BCUT2D eigenvalue weighted by atomic mass is 10.2. The van der Waals surface area contributed by atoms with Gasteiger partial charge < -0.3 is 14.8 Å². The van der Waals surface area contributed by atoms with Crippen LogP contribution in [0.3, 0.4) is 0 Å². The maximum Gasteiger partial charge on any atom is 0.140 e. The largest absolute Gasteiger partial charge is 0.508 e. The van der Waals surface area contributed by atoms with Gasteiger partial charge in [0.2, 0.25) is 0 Å². The number of benzene rings is 2. The Bertz CT molecular complexity index is 752. The molecule has 1 heterocycles. The number of fused-ring (bicyclic) bond motifs is 1. The summed E-state index contributed by atoms with van der Waals surface area (Å²) in [5, 5.41) is 10.1. The molecule has 0 aliphatic rings. The molecule has 5 heteroatoms. The molecule has 0 radical (unpaired) electrons. The summed E-state index contributed by atoms with van der Waals surface area (Å²) in [5.74, 6) is 1.52. The van der Waals surface area contributed by atoms with E-state index in [4.69, 9.17) is 16.3 Å². The quantitative estimate of drug-likeness (QED) is 0.751. The van der Waals surface area contributed by atoms with Crippen LogP contribution in [0.25, 0.3) is 22.4 Å². The Morgan fingerprint density at radius 3 is 2.84 bits per heavy atom. The fourth-order valence-corrected chi connectivity index (χ4v) is 2.15. The minimum Gasteiger partial charge on any atom is -0.508 e. The van der Waals surface area contributed by atoms with Crippen LogP contribution in [0.5, 0.6) is 11.5 Å². The Balaban J connectivity index is 2.17. The van der Waals surface area contributed by atoms with E-state index in [9.17, 15) is 5.11 Å². The van der Waals surface area contributed by atoms with E-state index in [2.05, 4.69) is 9.97 Å². The van der Waals surface area contributed by atoms with E-state index >= 15 is 0 Å². The number of aromatic amines is 1. The van der Waals surface area contributed by atoms with E-state index in [1.54, 1.807) is 19.2 Å². The van der Waals surface area contributed by atoms with Crippen LogP contribution in [0.2, 0.25) is 5.02 Å². The first-order valence-electron chi connectivity index (χ1n) is 5.70. The summed E-state index contributed by atoms with van der Waals surface area (Å²) >= 11 is 6.12. The van der Waals surface area contributed by atoms with Crippen molar-refractivity contribution in [3.8, 4) is 22.9 Å².